The fourth-order valence-corrected chi connectivity index (χ4v) is 14.0. The Balaban J connectivity index is 1.52. The topological polar surface area (TPSA) is 20.2 Å². The molecule has 0 saturated heterocycles. The molecule has 0 heterocycles. The van der Waals surface area contributed by atoms with Gasteiger partial charge in [0.25, 0.3) is 0 Å². The first-order valence-corrected chi connectivity index (χ1v) is 14.8. The molecule has 1 heteroatoms. The molecule has 1 nitrogen and oxygen atoms in total. The van der Waals surface area contributed by atoms with Crippen molar-refractivity contribution in [2.45, 2.75) is 139 Å². The van der Waals surface area contributed by atoms with E-state index in [2.05, 4.69) is 68.9 Å². The molecule has 6 rings (SSSR count). The smallest absolute Gasteiger partial charge is 0.0599 e. The van der Waals surface area contributed by atoms with Gasteiger partial charge in [0.2, 0.25) is 0 Å². The van der Waals surface area contributed by atoms with Crippen LogP contribution < -0.4 is 0 Å². The summed E-state index contributed by atoms with van der Waals surface area (Å²) in [7, 11) is 0. The van der Waals surface area contributed by atoms with Crippen molar-refractivity contribution in [3.05, 3.63) is 12.2 Å². The van der Waals surface area contributed by atoms with Gasteiger partial charge in [-0.25, -0.2) is 0 Å². The standard InChI is InChI=1S/C33H54O/c1-22(2)23-11-13-25(3)15-16-28(6)27(5)19-20-33-21-26(33,4)24(34)12-14-31(33,9)29(27,7)17-18-30(28,8)32(23,25)10/h23-24,34H,1,11-21H2,2-10H3/t23-,24+,25?,26+,27-,28-,29-,30?,31?,32?,33?/m0/s1. The lowest BCUT2D eigenvalue weighted by atomic mass is 9.23. The first-order valence-electron chi connectivity index (χ1n) is 14.8. The summed E-state index contributed by atoms with van der Waals surface area (Å²) in [5, 5.41) is 11.1. The van der Waals surface area contributed by atoms with Crippen LogP contribution in [-0.4, -0.2) is 11.2 Å². The first kappa shape index (κ1) is 24.1. The van der Waals surface area contributed by atoms with E-state index in [9.17, 15) is 5.11 Å². The van der Waals surface area contributed by atoms with Gasteiger partial charge >= 0.3 is 0 Å². The molecule has 192 valence electrons. The zero-order chi connectivity index (χ0) is 25.0. The highest BCUT2D eigenvalue weighted by atomic mass is 16.3. The second-order valence-electron chi connectivity index (χ2n) is 16.6. The van der Waals surface area contributed by atoms with Crippen LogP contribution in [0.2, 0.25) is 0 Å². The maximum Gasteiger partial charge on any atom is 0.0599 e. The van der Waals surface area contributed by atoms with Gasteiger partial charge in [-0.05, 0) is 127 Å². The summed E-state index contributed by atoms with van der Waals surface area (Å²) >= 11 is 0. The second-order valence-corrected chi connectivity index (χ2v) is 16.6. The molecule has 5 unspecified atom stereocenters. The third-order valence-electron chi connectivity index (χ3n) is 17.2. The van der Waals surface area contributed by atoms with Gasteiger partial charge in [0, 0.05) is 5.41 Å². The highest BCUT2D eigenvalue weighted by molar-refractivity contribution is 5.35. The molecular formula is C33H54O. The number of fused-ring (bicyclic) bond motifs is 6. The quantitative estimate of drug-likeness (QED) is 0.382. The van der Waals surface area contributed by atoms with Crippen LogP contribution in [0.4, 0.5) is 0 Å². The van der Waals surface area contributed by atoms with Gasteiger partial charge in [-0.1, -0.05) is 67.5 Å². The fraction of sp³-hybridized carbons (Fsp3) is 0.939. The van der Waals surface area contributed by atoms with Crippen LogP contribution in [0, 0.1) is 54.7 Å². The van der Waals surface area contributed by atoms with E-state index in [-0.39, 0.29) is 11.5 Å². The molecule has 6 aliphatic carbocycles. The van der Waals surface area contributed by atoms with E-state index >= 15 is 0 Å². The predicted octanol–water partition coefficient (Wildman–Crippen LogP) is 8.95. The molecule has 0 aromatic rings. The molecule has 34 heavy (non-hydrogen) atoms. The molecule has 6 aliphatic rings. The fourth-order valence-electron chi connectivity index (χ4n) is 14.0. The van der Waals surface area contributed by atoms with Gasteiger partial charge < -0.3 is 5.11 Å². The van der Waals surface area contributed by atoms with Crippen molar-refractivity contribution in [1.29, 1.82) is 0 Å². The van der Waals surface area contributed by atoms with Crippen molar-refractivity contribution in [2.24, 2.45) is 54.7 Å². The van der Waals surface area contributed by atoms with E-state index in [4.69, 9.17) is 0 Å². The lowest BCUT2D eigenvalue weighted by molar-refractivity contribution is -0.328. The first-order chi connectivity index (χ1) is 15.5. The molecule has 0 aliphatic heterocycles. The zero-order valence-corrected chi connectivity index (χ0v) is 24.1. The number of rotatable bonds is 1. The molecule has 6 saturated carbocycles. The Kier molecular flexibility index (Phi) is 4.28. The summed E-state index contributed by atoms with van der Waals surface area (Å²) in [4.78, 5) is 0. The largest absolute Gasteiger partial charge is 0.393 e. The minimum Gasteiger partial charge on any atom is -0.393 e. The van der Waals surface area contributed by atoms with Gasteiger partial charge in [0.05, 0.1) is 6.10 Å². The Morgan fingerprint density at radius 1 is 0.647 bits per heavy atom. The minimum atomic E-state index is -0.0814. The summed E-state index contributed by atoms with van der Waals surface area (Å²) in [5.74, 6) is 0.664. The van der Waals surface area contributed by atoms with E-state index in [1.807, 2.05) is 0 Å². The summed E-state index contributed by atoms with van der Waals surface area (Å²) in [6, 6.07) is 0. The molecular weight excluding hydrogens is 412 g/mol. The van der Waals surface area contributed by atoms with Crippen LogP contribution in [0.15, 0.2) is 12.2 Å². The maximum absolute atomic E-state index is 11.1. The van der Waals surface area contributed by atoms with Gasteiger partial charge in [0.1, 0.15) is 0 Å². The minimum absolute atomic E-state index is 0.0814. The van der Waals surface area contributed by atoms with Crippen LogP contribution in [0.5, 0.6) is 0 Å². The highest BCUT2D eigenvalue weighted by Crippen LogP contribution is 2.92. The molecule has 0 radical (unpaired) electrons. The van der Waals surface area contributed by atoms with Crippen LogP contribution in [-0.2, 0) is 0 Å². The number of aliphatic hydroxyl groups excluding tert-OH is 1. The number of hydrogen-bond donors (Lipinski definition) is 1. The van der Waals surface area contributed by atoms with Gasteiger partial charge in [-0.15, -0.1) is 0 Å². The molecule has 1 N–H and O–H groups in total. The SMILES string of the molecule is C=C(C)[C@@H]1CCC2(C)CC[C@]3(C)C(C)(CC[C@]4(C)C5(C)CC[C@@H](O)[C@@]6(C)CC56CC[C@@]34C)C12C. The monoisotopic (exact) mass is 466 g/mol. The van der Waals surface area contributed by atoms with Crippen molar-refractivity contribution in [2.75, 3.05) is 0 Å². The summed E-state index contributed by atoms with van der Waals surface area (Å²) < 4.78 is 0. The summed E-state index contributed by atoms with van der Waals surface area (Å²) in [6.45, 7) is 28.5. The normalized spacial score (nSPS) is 66.4. The van der Waals surface area contributed by atoms with E-state index < -0.39 is 0 Å². The number of allylic oxidation sites excluding steroid dienone is 1. The zero-order valence-electron chi connectivity index (χ0n) is 24.1. The van der Waals surface area contributed by atoms with Crippen molar-refractivity contribution in [3.63, 3.8) is 0 Å². The third kappa shape index (κ3) is 1.92. The van der Waals surface area contributed by atoms with Gasteiger partial charge in [-0.2, -0.15) is 0 Å². The van der Waals surface area contributed by atoms with Crippen molar-refractivity contribution >= 4 is 0 Å². The van der Waals surface area contributed by atoms with Crippen LogP contribution in [0.25, 0.3) is 0 Å². The molecule has 0 bridgehead atoms. The number of hydrogen-bond acceptors (Lipinski definition) is 1. The Morgan fingerprint density at radius 3 is 1.82 bits per heavy atom. The average molecular weight is 467 g/mol. The molecule has 11 atom stereocenters. The van der Waals surface area contributed by atoms with E-state index in [0.29, 0.717) is 49.2 Å². The van der Waals surface area contributed by atoms with Crippen LogP contribution in [0.3, 0.4) is 0 Å². The van der Waals surface area contributed by atoms with Crippen molar-refractivity contribution in [3.8, 4) is 0 Å². The van der Waals surface area contributed by atoms with Crippen molar-refractivity contribution in [1.82, 2.24) is 0 Å². The lowest BCUT2D eigenvalue weighted by Gasteiger charge is -2.81. The van der Waals surface area contributed by atoms with Crippen LogP contribution in [0.1, 0.15) is 133 Å². The lowest BCUT2D eigenvalue weighted by Crippen LogP contribution is -2.74. The molecule has 0 amide bonds. The predicted molar refractivity (Wildman–Crippen MR) is 142 cm³/mol. The van der Waals surface area contributed by atoms with E-state index in [0.717, 1.165) is 6.42 Å². The number of aliphatic hydroxyl groups is 1. The summed E-state index contributed by atoms with van der Waals surface area (Å²) in [5.41, 5.74) is 4.45. The van der Waals surface area contributed by atoms with Gasteiger partial charge in [0.15, 0.2) is 0 Å². The molecule has 6 fully saturated rings. The average Bonchev–Trinajstić information content (AvgIpc) is 3.31. The highest BCUT2D eigenvalue weighted by Gasteiger charge is 2.86. The van der Waals surface area contributed by atoms with E-state index in [1.165, 1.54) is 69.8 Å². The van der Waals surface area contributed by atoms with Crippen molar-refractivity contribution < 1.29 is 5.11 Å². The van der Waals surface area contributed by atoms with Crippen LogP contribution >= 0.6 is 0 Å². The summed E-state index contributed by atoms with van der Waals surface area (Å²) in [6.07, 6.45) is 14.4. The Bertz CT molecular complexity index is 968. The molecule has 1 spiro atoms. The Morgan fingerprint density at radius 2 is 1.18 bits per heavy atom. The Hall–Kier alpha value is -0.300. The Labute approximate surface area is 210 Å². The third-order valence-corrected chi connectivity index (χ3v) is 17.2. The van der Waals surface area contributed by atoms with E-state index in [1.54, 1.807) is 0 Å². The molecule has 0 aromatic carbocycles. The molecule has 0 aromatic heterocycles. The van der Waals surface area contributed by atoms with Gasteiger partial charge in [-0.3, -0.25) is 0 Å². The second kappa shape index (κ2) is 6.05. The maximum atomic E-state index is 11.1.